The van der Waals surface area contributed by atoms with Crippen molar-refractivity contribution in [2.45, 2.75) is 26.4 Å². The zero-order valence-electron chi connectivity index (χ0n) is 11.8. The quantitative estimate of drug-likeness (QED) is 0.764. The maximum Gasteiger partial charge on any atom is 0.108 e. The molecule has 1 aromatic heterocycles. The van der Waals surface area contributed by atoms with Gasteiger partial charge in [0.25, 0.3) is 0 Å². The summed E-state index contributed by atoms with van der Waals surface area (Å²) >= 11 is 1.76. The van der Waals surface area contributed by atoms with E-state index >= 15 is 0 Å². The van der Waals surface area contributed by atoms with E-state index in [1.807, 2.05) is 6.07 Å². The molecule has 0 bridgehead atoms. The summed E-state index contributed by atoms with van der Waals surface area (Å²) < 4.78 is 1.26. The number of para-hydroxylation sites is 1. The highest BCUT2D eigenvalue weighted by Gasteiger charge is 2.07. The fourth-order valence-corrected chi connectivity index (χ4v) is 3.21. The number of benzene rings is 2. The summed E-state index contributed by atoms with van der Waals surface area (Å²) in [6.45, 7) is 5.14. The van der Waals surface area contributed by atoms with Crippen molar-refractivity contribution in [3.63, 3.8) is 0 Å². The van der Waals surface area contributed by atoms with Crippen LogP contribution in [-0.2, 0) is 6.54 Å². The van der Waals surface area contributed by atoms with Gasteiger partial charge in [-0.1, -0.05) is 42.0 Å². The van der Waals surface area contributed by atoms with Gasteiger partial charge in [-0.05, 0) is 31.5 Å². The fourth-order valence-electron chi connectivity index (χ4n) is 2.29. The van der Waals surface area contributed by atoms with Crippen LogP contribution in [0.3, 0.4) is 0 Å². The van der Waals surface area contributed by atoms with Gasteiger partial charge in [0.1, 0.15) is 5.01 Å². The van der Waals surface area contributed by atoms with Crippen molar-refractivity contribution in [3.05, 3.63) is 64.7 Å². The summed E-state index contributed by atoms with van der Waals surface area (Å²) in [7, 11) is 0. The Morgan fingerprint density at radius 1 is 1.15 bits per heavy atom. The number of nitrogens with one attached hydrogen (secondary N) is 1. The molecule has 2 nitrogen and oxygen atoms in total. The molecule has 102 valence electrons. The molecule has 2 aromatic carbocycles. The van der Waals surface area contributed by atoms with Gasteiger partial charge in [0.15, 0.2) is 0 Å². The maximum absolute atomic E-state index is 4.65. The molecule has 0 aliphatic rings. The van der Waals surface area contributed by atoms with Gasteiger partial charge in [0.05, 0.1) is 10.2 Å². The number of thiazole rings is 1. The molecule has 0 aliphatic heterocycles. The Hall–Kier alpha value is -1.71. The molecule has 0 fully saturated rings. The first-order chi connectivity index (χ1) is 9.72. The summed E-state index contributed by atoms with van der Waals surface area (Å²) in [5.41, 5.74) is 3.72. The molecule has 1 N–H and O–H groups in total. The lowest BCUT2D eigenvalue weighted by Gasteiger charge is -2.13. The molecular formula is C17H18N2S. The second-order valence-corrected chi connectivity index (χ2v) is 6.21. The van der Waals surface area contributed by atoms with Crippen LogP contribution in [0.25, 0.3) is 10.2 Å². The van der Waals surface area contributed by atoms with E-state index < -0.39 is 0 Å². The molecule has 0 amide bonds. The van der Waals surface area contributed by atoms with Gasteiger partial charge in [-0.25, -0.2) is 4.98 Å². The highest BCUT2D eigenvalue weighted by Crippen LogP contribution is 2.22. The van der Waals surface area contributed by atoms with E-state index in [4.69, 9.17) is 0 Å². The van der Waals surface area contributed by atoms with Crippen LogP contribution in [-0.4, -0.2) is 4.98 Å². The van der Waals surface area contributed by atoms with Gasteiger partial charge < -0.3 is 5.32 Å². The zero-order valence-corrected chi connectivity index (χ0v) is 12.6. The normalized spacial score (nSPS) is 12.7. The molecule has 0 saturated carbocycles. The molecule has 1 unspecified atom stereocenters. The van der Waals surface area contributed by atoms with Crippen LogP contribution in [0.1, 0.15) is 29.1 Å². The van der Waals surface area contributed by atoms with E-state index in [0.717, 1.165) is 17.1 Å². The minimum absolute atomic E-state index is 0.335. The Balaban J connectivity index is 1.69. The van der Waals surface area contributed by atoms with Gasteiger partial charge >= 0.3 is 0 Å². The molecule has 0 saturated heterocycles. The Morgan fingerprint density at radius 2 is 2.00 bits per heavy atom. The van der Waals surface area contributed by atoms with Crippen molar-refractivity contribution in [2.75, 3.05) is 0 Å². The third-order valence-corrected chi connectivity index (χ3v) is 4.48. The van der Waals surface area contributed by atoms with E-state index in [-0.39, 0.29) is 0 Å². The molecule has 0 radical (unpaired) electrons. The number of nitrogens with zero attached hydrogens (tertiary/aromatic N) is 1. The van der Waals surface area contributed by atoms with E-state index in [0.29, 0.717) is 6.04 Å². The lowest BCUT2D eigenvalue weighted by molar-refractivity contribution is 0.573. The van der Waals surface area contributed by atoms with Crippen molar-refractivity contribution in [1.82, 2.24) is 10.3 Å². The summed E-state index contributed by atoms with van der Waals surface area (Å²) in [4.78, 5) is 4.65. The first kappa shape index (κ1) is 13.3. The third kappa shape index (κ3) is 2.89. The predicted octanol–water partition coefficient (Wildman–Crippen LogP) is 4.46. The molecule has 1 atom stereocenters. The van der Waals surface area contributed by atoms with Crippen molar-refractivity contribution >= 4 is 21.6 Å². The number of hydrogen-bond acceptors (Lipinski definition) is 3. The number of aryl methyl sites for hydroxylation is 1. The Morgan fingerprint density at radius 3 is 2.80 bits per heavy atom. The Bertz CT molecular complexity index is 685. The molecular weight excluding hydrogens is 264 g/mol. The number of aromatic nitrogens is 1. The number of hydrogen-bond donors (Lipinski definition) is 1. The van der Waals surface area contributed by atoms with Gasteiger partial charge in [-0.2, -0.15) is 0 Å². The van der Waals surface area contributed by atoms with E-state index in [9.17, 15) is 0 Å². The van der Waals surface area contributed by atoms with Gasteiger partial charge in [-0.3, -0.25) is 0 Å². The smallest absolute Gasteiger partial charge is 0.108 e. The highest BCUT2D eigenvalue weighted by atomic mass is 32.1. The average molecular weight is 282 g/mol. The van der Waals surface area contributed by atoms with E-state index in [1.54, 1.807) is 11.3 Å². The standard InChI is InChI=1S/C17H18N2S/c1-12-6-5-7-14(10-12)13(2)18-11-17-19-15-8-3-4-9-16(15)20-17/h3-10,13,18H,11H2,1-2H3. The van der Waals surface area contributed by atoms with Crippen LogP contribution in [0.2, 0.25) is 0 Å². The number of rotatable bonds is 4. The second kappa shape index (κ2) is 5.73. The third-order valence-electron chi connectivity index (χ3n) is 3.44. The van der Waals surface area contributed by atoms with Crippen molar-refractivity contribution in [3.8, 4) is 0 Å². The van der Waals surface area contributed by atoms with Crippen molar-refractivity contribution in [1.29, 1.82) is 0 Å². The molecule has 1 heterocycles. The topological polar surface area (TPSA) is 24.9 Å². The predicted molar refractivity (Wildman–Crippen MR) is 86.1 cm³/mol. The fraction of sp³-hybridized carbons (Fsp3) is 0.235. The summed E-state index contributed by atoms with van der Waals surface area (Å²) in [6.07, 6.45) is 0. The largest absolute Gasteiger partial charge is 0.304 e. The van der Waals surface area contributed by atoms with Crippen molar-refractivity contribution in [2.24, 2.45) is 0 Å². The summed E-state index contributed by atoms with van der Waals surface area (Å²) in [6, 6.07) is 17.3. The van der Waals surface area contributed by atoms with Crippen LogP contribution >= 0.6 is 11.3 Å². The molecule has 0 aliphatic carbocycles. The lowest BCUT2D eigenvalue weighted by atomic mass is 10.1. The molecule has 3 heteroatoms. The molecule has 20 heavy (non-hydrogen) atoms. The van der Waals surface area contributed by atoms with Crippen LogP contribution < -0.4 is 5.32 Å². The van der Waals surface area contributed by atoms with Crippen molar-refractivity contribution < 1.29 is 0 Å². The van der Waals surface area contributed by atoms with Crippen LogP contribution in [0.5, 0.6) is 0 Å². The van der Waals surface area contributed by atoms with Gasteiger partial charge in [0, 0.05) is 12.6 Å². The minimum Gasteiger partial charge on any atom is -0.304 e. The zero-order chi connectivity index (χ0) is 13.9. The average Bonchev–Trinajstić information content (AvgIpc) is 2.87. The minimum atomic E-state index is 0.335. The Labute approximate surface area is 123 Å². The summed E-state index contributed by atoms with van der Waals surface area (Å²) in [5, 5.41) is 4.70. The summed E-state index contributed by atoms with van der Waals surface area (Å²) in [5.74, 6) is 0. The molecule has 3 rings (SSSR count). The van der Waals surface area contributed by atoms with Gasteiger partial charge in [-0.15, -0.1) is 11.3 Å². The number of fused-ring (bicyclic) bond motifs is 1. The van der Waals surface area contributed by atoms with Crippen LogP contribution in [0.15, 0.2) is 48.5 Å². The maximum atomic E-state index is 4.65. The highest BCUT2D eigenvalue weighted by molar-refractivity contribution is 7.18. The monoisotopic (exact) mass is 282 g/mol. The first-order valence-corrected chi connectivity index (χ1v) is 7.68. The lowest BCUT2D eigenvalue weighted by Crippen LogP contribution is -2.17. The first-order valence-electron chi connectivity index (χ1n) is 6.87. The Kier molecular flexibility index (Phi) is 3.81. The van der Waals surface area contributed by atoms with Crippen LogP contribution in [0.4, 0.5) is 0 Å². The van der Waals surface area contributed by atoms with E-state index in [2.05, 4.69) is 66.6 Å². The molecule has 0 spiro atoms. The molecule has 3 aromatic rings. The van der Waals surface area contributed by atoms with Crippen LogP contribution in [0, 0.1) is 6.92 Å². The van der Waals surface area contributed by atoms with E-state index in [1.165, 1.54) is 15.8 Å². The second-order valence-electron chi connectivity index (χ2n) is 5.09. The SMILES string of the molecule is Cc1cccc(C(C)NCc2nc3ccccc3s2)c1. The van der Waals surface area contributed by atoms with Gasteiger partial charge in [0.2, 0.25) is 0 Å².